The van der Waals surface area contributed by atoms with Gasteiger partial charge in [-0.15, -0.1) is 0 Å². The van der Waals surface area contributed by atoms with Crippen LogP contribution in [0.1, 0.15) is 24.8 Å². The maximum absolute atomic E-state index is 11.4. The predicted molar refractivity (Wildman–Crippen MR) is 67.2 cm³/mol. The Labute approximate surface area is 106 Å². The van der Waals surface area contributed by atoms with E-state index in [1.54, 1.807) is 0 Å². The molecule has 2 atom stereocenters. The number of nitrogens with one attached hydrogen (secondary N) is 1. The first kappa shape index (κ1) is 12.4. The average molecular weight is 254 g/mol. The van der Waals surface area contributed by atoms with E-state index in [1.807, 2.05) is 31.2 Å². The Hall–Kier alpha value is -1.06. The molecule has 1 aliphatic rings. The van der Waals surface area contributed by atoms with Gasteiger partial charge in [0.15, 0.2) is 0 Å². The second-order valence-corrected chi connectivity index (χ2v) is 4.64. The number of hydrogen-bond donors (Lipinski definition) is 1. The highest BCUT2D eigenvalue weighted by Gasteiger charge is 2.39. The Kier molecular flexibility index (Phi) is 4.02. The first-order valence-electron chi connectivity index (χ1n) is 5.83. The van der Waals surface area contributed by atoms with Crippen molar-refractivity contribution in [3.05, 3.63) is 34.9 Å². The van der Waals surface area contributed by atoms with Gasteiger partial charge in [-0.05, 0) is 31.0 Å². The van der Waals surface area contributed by atoms with Crippen molar-refractivity contribution in [2.75, 3.05) is 13.2 Å². The van der Waals surface area contributed by atoms with Crippen molar-refractivity contribution >= 4 is 17.5 Å². The first-order valence-corrected chi connectivity index (χ1v) is 6.21. The van der Waals surface area contributed by atoms with Crippen LogP contribution in [0.2, 0.25) is 5.02 Å². The van der Waals surface area contributed by atoms with Gasteiger partial charge in [0.25, 0.3) is 0 Å². The van der Waals surface area contributed by atoms with Crippen molar-refractivity contribution in [1.29, 1.82) is 0 Å². The van der Waals surface area contributed by atoms with E-state index in [-0.39, 0.29) is 18.6 Å². The molecule has 1 aromatic carbocycles. The molecule has 0 spiro atoms. The number of halogens is 1. The van der Waals surface area contributed by atoms with Crippen LogP contribution in [0.3, 0.4) is 0 Å². The molecular formula is C13H16ClNO2. The predicted octanol–water partition coefficient (Wildman–Crippen LogP) is 2.35. The van der Waals surface area contributed by atoms with Crippen LogP contribution >= 0.6 is 11.6 Å². The number of carbonyl (C=O) groups is 1. The molecule has 2 rings (SSSR count). The van der Waals surface area contributed by atoms with Crippen molar-refractivity contribution in [3.63, 3.8) is 0 Å². The summed E-state index contributed by atoms with van der Waals surface area (Å²) in [4.78, 5) is 11.4. The van der Waals surface area contributed by atoms with E-state index in [1.165, 1.54) is 5.56 Å². The lowest BCUT2D eigenvalue weighted by molar-refractivity contribution is -0.125. The minimum absolute atomic E-state index is 0.0404. The standard InChI is InChI=1S/C13H16ClNO2/c1-2-17-8-13(16)15-12-7-11(12)9-4-3-5-10(14)6-9/h3-6,11-12H,2,7-8H2,1H3,(H,15,16)/t11-,12+/m1/s1. The zero-order valence-electron chi connectivity index (χ0n) is 9.78. The lowest BCUT2D eigenvalue weighted by Gasteiger charge is -2.05. The monoisotopic (exact) mass is 253 g/mol. The van der Waals surface area contributed by atoms with Gasteiger partial charge in [0.05, 0.1) is 0 Å². The van der Waals surface area contributed by atoms with Crippen LogP contribution in [0.25, 0.3) is 0 Å². The van der Waals surface area contributed by atoms with Gasteiger partial charge in [0.2, 0.25) is 5.91 Å². The highest BCUT2D eigenvalue weighted by Crippen LogP contribution is 2.41. The van der Waals surface area contributed by atoms with Crippen molar-refractivity contribution < 1.29 is 9.53 Å². The third-order valence-corrected chi connectivity index (χ3v) is 3.09. The van der Waals surface area contributed by atoms with E-state index in [0.29, 0.717) is 12.5 Å². The molecule has 0 radical (unpaired) electrons. The molecule has 3 nitrogen and oxygen atoms in total. The number of hydrogen-bond acceptors (Lipinski definition) is 2. The highest BCUT2D eigenvalue weighted by molar-refractivity contribution is 6.30. The lowest BCUT2D eigenvalue weighted by Crippen LogP contribution is -2.30. The normalized spacial score (nSPS) is 22.2. The highest BCUT2D eigenvalue weighted by atomic mass is 35.5. The summed E-state index contributed by atoms with van der Waals surface area (Å²) in [6.07, 6.45) is 0.984. The molecule has 1 aromatic rings. The maximum Gasteiger partial charge on any atom is 0.246 e. The Bertz CT molecular complexity index is 408. The van der Waals surface area contributed by atoms with Crippen LogP contribution in [0.5, 0.6) is 0 Å². The topological polar surface area (TPSA) is 38.3 Å². The molecule has 17 heavy (non-hydrogen) atoms. The van der Waals surface area contributed by atoms with Crippen molar-refractivity contribution in [2.45, 2.75) is 25.3 Å². The van der Waals surface area contributed by atoms with Crippen molar-refractivity contribution in [3.8, 4) is 0 Å². The van der Waals surface area contributed by atoms with Gasteiger partial charge in [-0.3, -0.25) is 4.79 Å². The maximum atomic E-state index is 11.4. The summed E-state index contributed by atoms with van der Waals surface area (Å²) in [5, 5.41) is 3.69. The quantitative estimate of drug-likeness (QED) is 0.875. The van der Waals surface area contributed by atoms with Gasteiger partial charge >= 0.3 is 0 Å². The molecule has 0 saturated heterocycles. The van der Waals surface area contributed by atoms with Crippen LogP contribution < -0.4 is 5.32 Å². The van der Waals surface area contributed by atoms with Gasteiger partial charge in [-0.1, -0.05) is 23.7 Å². The van der Waals surface area contributed by atoms with E-state index in [4.69, 9.17) is 16.3 Å². The summed E-state index contributed by atoms with van der Waals surface area (Å²) >= 11 is 5.93. The molecule has 0 aromatic heterocycles. The van der Waals surface area contributed by atoms with Crippen molar-refractivity contribution in [1.82, 2.24) is 5.32 Å². The lowest BCUT2D eigenvalue weighted by atomic mass is 10.1. The van der Waals surface area contributed by atoms with Crippen LogP contribution in [0.4, 0.5) is 0 Å². The fourth-order valence-electron chi connectivity index (χ4n) is 1.90. The van der Waals surface area contributed by atoms with Gasteiger partial charge in [0, 0.05) is 23.6 Å². The minimum atomic E-state index is -0.0404. The average Bonchev–Trinajstić information content (AvgIpc) is 3.05. The zero-order valence-corrected chi connectivity index (χ0v) is 10.5. The molecule has 1 aliphatic carbocycles. The number of rotatable bonds is 5. The zero-order chi connectivity index (χ0) is 12.3. The molecular weight excluding hydrogens is 238 g/mol. The fourth-order valence-corrected chi connectivity index (χ4v) is 2.10. The smallest absolute Gasteiger partial charge is 0.246 e. The summed E-state index contributed by atoms with van der Waals surface area (Å²) in [6, 6.07) is 8.04. The van der Waals surface area contributed by atoms with Crippen LogP contribution in [-0.4, -0.2) is 25.2 Å². The molecule has 1 N–H and O–H groups in total. The SMILES string of the molecule is CCOCC(=O)N[C@H]1C[C@@H]1c1cccc(Cl)c1. The van der Waals surface area contributed by atoms with Gasteiger partial charge < -0.3 is 10.1 Å². The Morgan fingerprint density at radius 3 is 3.12 bits per heavy atom. The number of amides is 1. The summed E-state index contributed by atoms with van der Waals surface area (Å²) in [5.74, 6) is 0.362. The van der Waals surface area contributed by atoms with Gasteiger partial charge in [-0.25, -0.2) is 0 Å². The Morgan fingerprint density at radius 2 is 2.41 bits per heavy atom. The first-order chi connectivity index (χ1) is 8.20. The summed E-state index contributed by atoms with van der Waals surface area (Å²) in [7, 11) is 0. The van der Waals surface area contributed by atoms with E-state index in [0.717, 1.165) is 11.4 Å². The largest absolute Gasteiger partial charge is 0.372 e. The third-order valence-electron chi connectivity index (χ3n) is 2.85. The molecule has 0 unspecified atom stereocenters. The van der Waals surface area contributed by atoms with Crippen molar-refractivity contribution in [2.24, 2.45) is 0 Å². The van der Waals surface area contributed by atoms with Crippen LogP contribution in [-0.2, 0) is 9.53 Å². The Balaban J connectivity index is 1.82. The number of ether oxygens (including phenoxy) is 1. The fraction of sp³-hybridized carbons (Fsp3) is 0.462. The van der Waals surface area contributed by atoms with E-state index < -0.39 is 0 Å². The molecule has 4 heteroatoms. The molecule has 1 saturated carbocycles. The van der Waals surface area contributed by atoms with E-state index in [2.05, 4.69) is 5.32 Å². The van der Waals surface area contributed by atoms with E-state index in [9.17, 15) is 4.79 Å². The molecule has 1 amide bonds. The van der Waals surface area contributed by atoms with E-state index >= 15 is 0 Å². The third kappa shape index (κ3) is 3.45. The number of benzene rings is 1. The summed E-state index contributed by atoms with van der Waals surface area (Å²) < 4.78 is 5.05. The molecule has 1 fully saturated rings. The Morgan fingerprint density at radius 1 is 1.59 bits per heavy atom. The summed E-state index contributed by atoms with van der Waals surface area (Å²) in [5.41, 5.74) is 1.19. The van der Waals surface area contributed by atoms with Crippen LogP contribution in [0, 0.1) is 0 Å². The van der Waals surface area contributed by atoms with Crippen LogP contribution in [0.15, 0.2) is 24.3 Å². The second-order valence-electron chi connectivity index (χ2n) is 4.21. The summed E-state index contributed by atoms with van der Waals surface area (Å²) in [6.45, 7) is 2.59. The molecule has 0 aliphatic heterocycles. The molecule has 0 heterocycles. The van der Waals surface area contributed by atoms with Gasteiger partial charge in [0.1, 0.15) is 6.61 Å². The second kappa shape index (κ2) is 5.52. The minimum Gasteiger partial charge on any atom is -0.372 e. The van der Waals surface area contributed by atoms with Gasteiger partial charge in [-0.2, -0.15) is 0 Å². The molecule has 0 bridgehead atoms. The number of carbonyl (C=O) groups excluding carboxylic acids is 1. The molecule has 92 valence electrons.